The Morgan fingerprint density at radius 2 is 1.91 bits per heavy atom. The monoisotopic (exact) mass is 294 g/mol. The number of benzene rings is 2. The first-order valence-corrected chi connectivity index (χ1v) is 7.33. The van der Waals surface area contributed by atoms with E-state index in [-0.39, 0.29) is 5.97 Å². The molecule has 0 unspecified atom stereocenters. The van der Waals surface area contributed by atoms with E-state index in [2.05, 4.69) is 6.07 Å². The molecular formula is C19H18O3. The van der Waals surface area contributed by atoms with Crippen LogP contribution < -0.4 is 4.74 Å². The Labute approximate surface area is 130 Å². The van der Waals surface area contributed by atoms with Gasteiger partial charge in [0.1, 0.15) is 12.4 Å². The molecule has 0 amide bonds. The molecule has 112 valence electrons. The Balaban J connectivity index is 1.68. The Morgan fingerprint density at radius 1 is 1.09 bits per heavy atom. The van der Waals surface area contributed by atoms with Crippen LogP contribution in [-0.2, 0) is 29.0 Å². The van der Waals surface area contributed by atoms with Crippen LogP contribution in [-0.4, -0.2) is 13.1 Å². The normalized spacial score (nSPS) is 13.0. The predicted octanol–water partition coefficient (Wildman–Crippen LogP) is 3.46. The molecule has 3 heteroatoms. The van der Waals surface area contributed by atoms with Crippen LogP contribution in [0.1, 0.15) is 16.7 Å². The maximum Gasteiger partial charge on any atom is 0.334 e. The summed E-state index contributed by atoms with van der Waals surface area (Å²) in [4.78, 5) is 12.2. The summed E-state index contributed by atoms with van der Waals surface area (Å²) >= 11 is 0. The maximum absolute atomic E-state index is 12.2. The van der Waals surface area contributed by atoms with Crippen molar-refractivity contribution in [1.29, 1.82) is 0 Å². The Kier molecular flexibility index (Phi) is 4.24. The molecule has 0 heterocycles. The maximum atomic E-state index is 12.2. The van der Waals surface area contributed by atoms with Crippen molar-refractivity contribution in [3.63, 3.8) is 0 Å². The lowest BCUT2D eigenvalue weighted by atomic mass is 9.91. The molecule has 0 radical (unpaired) electrons. The molecule has 2 aromatic rings. The zero-order valence-electron chi connectivity index (χ0n) is 12.5. The summed E-state index contributed by atoms with van der Waals surface area (Å²) in [6.45, 7) is 0.301. The summed E-state index contributed by atoms with van der Waals surface area (Å²) in [6.07, 6.45) is 3.25. The Morgan fingerprint density at radius 3 is 2.68 bits per heavy atom. The van der Waals surface area contributed by atoms with E-state index in [1.54, 1.807) is 7.11 Å². The minimum absolute atomic E-state index is 0.250. The fraction of sp³-hybridized carbons (Fsp3) is 0.211. The lowest BCUT2D eigenvalue weighted by Crippen LogP contribution is -2.15. The van der Waals surface area contributed by atoms with E-state index in [0.29, 0.717) is 18.6 Å². The lowest BCUT2D eigenvalue weighted by molar-refractivity contribution is -0.140. The van der Waals surface area contributed by atoms with Crippen LogP contribution in [0.4, 0.5) is 0 Å². The lowest BCUT2D eigenvalue weighted by Gasteiger charge is -2.18. The SMILES string of the molecule is COc1cccc2c1CC(C(=O)OCc1ccccc1)=CC2. The molecule has 0 bridgehead atoms. The molecule has 22 heavy (non-hydrogen) atoms. The molecule has 0 atom stereocenters. The fourth-order valence-corrected chi connectivity index (χ4v) is 2.66. The van der Waals surface area contributed by atoms with Crippen molar-refractivity contribution >= 4 is 5.97 Å². The minimum Gasteiger partial charge on any atom is -0.496 e. The van der Waals surface area contributed by atoms with E-state index in [9.17, 15) is 4.79 Å². The molecule has 0 saturated carbocycles. The summed E-state index contributed by atoms with van der Waals surface area (Å²) in [5, 5.41) is 0. The van der Waals surface area contributed by atoms with E-state index in [0.717, 1.165) is 23.3 Å². The van der Waals surface area contributed by atoms with Crippen molar-refractivity contribution in [2.24, 2.45) is 0 Å². The van der Waals surface area contributed by atoms with Gasteiger partial charge >= 0.3 is 5.97 Å². The number of hydrogen-bond donors (Lipinski definition) is 0. The summed E-state index contributed by atoms with van der Waals surface area (Å²) in [6, 6.07) is 15.7. The van der Waals surface area contributed by atoms with Gasteiger partial charge in [0.05, 0.1) is 7.11 Å². The highest BCUT2D eigenvalue weighted by Crippen LogP contribution is 2.29. The summed E-state index contributed by atoms with van der Waals surface area (Å²) in [5.74, 6) is 0.583. The second-order valence-corrected chi connectivity index (χ2v) is 5.27. The molecule has 0 aromatic heterocycles. The zero-order valence-corrected chi connectivity index (χ0v) is 12.5. The third kappa shape index (κ3) is 3.03. The van der Waals surface area contributed by atoms with Crippen LogP contribution in [0.3, 0.4) is 0 Å². The van der Waals surface area contributed by atoms with Crippen molar-refractivity contribution in [2.45, 2.75) is 19.4 Å². The van der Waals surface area contributed by atoms with E-state index in [1.807, 2.05) is 48.5 Å². The highest BCUT2D eigenvalue weighted by Gasteiger charge is 2.20. The van der Waals surface area contributed by atoms with Crippen molar-refractivity contribution in [3.05, 3.63) is 76.9 Å². The van der Waals surface area contributed by atoms with Gasteiger partial charge in [-0.15, -0.1) is 0 Å². The van der Waals surface area contributed by atoms with Crippen molar-refractivity contribution in [2.75, 3.05) is 7.11 Å². The van der Waals surface area contributed by atoms with Gasteiger partial charge in [-0.05, 0) is 23.6 Å². The largest absolute Gasteiger partial charge is 0.496 e. The van der Waals surface area contributed by atoms with Gasteiger partial charge < -0.3 is 9.47 Å². The Bertz CT molecular complexity index is 702. The van der Waals surface area contributed by atoms with Gasteiger partial charge in [-0.2, -0.15) is 0 Å². The summed E-state index contributed by atoms with van der Waals surface area (Å²) in [7, 11) is 1.65. The number of ether oxygens (including phenoxy) is 2. The molecule has 3 rings (SSSR count). The van der Waals surface area contributed by atoms with E-state index < -0.39 is 0 Å². The average Bonchev–Trinajstić information content (AvgIpc) is 2.59. The third-order valence-electron chi connectivity index (χ3n) is 3.86. The third-order valence-corrected chi connectivity index (χ3v) is 3.86. The highest BCUT2D eigenvalue weighted by atomic mass is 16.5. The van der Waals surface area contributed by atoms with Crippen molar-refractivity contribution < 1.29 is 14.3 Å². The number of esters is 1. The molecule has 0 spiro atoms. The van der Waals surface area contributed by atoms with Gasteiger partial charge in [0.15, 0.2) is 0 Å². The van der Waals surface area contributed by atoms with Gasteiger partial charge in [0.25, 0.3) is 0 Å². The number of methoxy groups -OCH3 is 1. The van der Waals surface area contributed by atoms with Crippen LogP contribution >= 0.6 is 0 Å². The molecule has 1 aliphatic rings. The average molecular weight is 294 g/mol. The second-order valence-electron chi connectivity index (χ2n) is 5.27. The topological polar surface area (TPSA) is 35.5 Å². The molecular weight excluding hydrogens is 276 g/mol. The highest BCUT2D eigenvalue weighted by molar-refractivity contribution is 5.89. The van der Waals surface area contributed by atoms with Crippen molar-refractivity contribution in [1.82, 2.24) is 0 Å². The zero-order chi connectivity index (χ0) is 15.4. The second kappa shape index (κ2) is 6.48. The standard InChI is InChI=1S/C19H18O3/c1-21-18-9-5-8-15-10-11-16(12-17(15)18)19(20)22-13-14-6-3-2-4-7-14/h2-9,11H,10,12-13H2,1H3. The number of hydrogen-bond acceptors (Lipinski definition) is 3. The van der Waals surface area contributed by atoms with Crippen LogP contribution in [0.25, 0.3) is 0 Å². The first kappa shape index (κ1) is 14.4. The molecule has 1 aliphatic carbocycles. The van der Waals surface area contributed by atoms with Gasteiger partial charge in [0, 0.05) is 17.6 Å². The summed E-state index contributed by atoms with van der Waals surface area (Å²) < 4.78 is 10.8. The quantitative estimate of drug-likeness (QED) is 0.810. The number of carbonyl (C=O) groups excluding carboxylic acids is 1. The first-order valence-electron chi connectivity index (χ1n) is 7.33. The van der Waals surface area contributed by atoms with E-state index in [4.69, 9.17) is 9.47 Å². The molecule has 0 aliphatic heterocycles. The summed E-state index contributed by atoms with van der Waals surface area (Å²) in [5.41, 5.74) is 3.98. The molecule has 3 nitrogen and oxygen atoms in total. The van der Waals surface area contributed by atoms with Gasteiger partial charge in [-0.25, -0.2) is 4.79 Å². The van der Waals surface area contributed by atoms with Crippen LogP contribution in [0.15, 0.2) is 60.2 Å². The van der Waals surface area contributed by atoms with Crippen molar-refractivity contribution in [3.8, 4) is 5.75 Å². The van der Waals surface area contributed by atoms with Gasteiger partial charge in [-0.1, -0.05) is 48.5 Å². The van der Waals surface area contributed by atoms with Crippen LogP contribution in [0.2, 0.25) is 0 Å². The minimum atomic E-state index is -0.250. The van der Waals surface area contributed by atoms with Crippen LogP contribution in [0, 0.1) is 0 Å². The number of fused-ring (bicyclic) bond motifs is 1. The van der Waals surface area contributed by atoms with Crippen LogP contribution in [0.5, 0.6) is 5.75 Å². The van der Waals surface area contributed by atoms with E-state index >= 15 is 0 Å². The van der Waals surface area contributed by atoms with Gasteiger partial charge in [-0.3, -0.25) is 0 Å². The molecule has 0 N–H and O–H groups in total. The Hall–Kier alpha value is -2.55. The van der Waals surface area contributed by atoms with Gasteiger partial charge in [0.2, 0.25) is 0 Å². The molecule has 0 saturated heterocycles. The van der Waals surface area contributed by atoms with E-state index in [1.165, 1.54) is 5.56 Å². The molecule has 0 fully saturated rings. The number of allylic oxidation sites excluding steroid dienone is 1. The predicted molar refractivity (Wildman–Crippen MR) is 84.7 cm³/mol. The number of carbonyl (C=O) groups is 1. The number of rotatable bonds is 4. The first-order chi connectivity index (χ1) is 10.8. The smallest absolute Gasteiger partial charge is 0.334 e. The fourth-order valence-electron chi connectivity index (χ4n) is 2.66. The molecule has 2 aromatic carbocycles.